The van der Waals surface area contributed by atoms with Crippen molar-refractivity contribution < 1.29 is 19.7 Å². The molecule has 2 N–H and O–H groups in total. The van der Waals surface area contributed by atoms with Crippen LogP contribution in [0.5, 0.6) is 0 Å². The lowest BCUT2D eigenvalue weighted by atomic mass is 10.1. The van der Waals surface area contributed by atoms with Gasteiger partial charge in [0.15, 0.2) is 6.29 Å². The van der Waals surface area contributed by atoms with Crippen LogP contribution in [0.2, 0.25) is 0 Å². The Kier molecular flexibility index (Phi) is 3.08. The Morgan fingerprint density at radius 2 is 2.08 bits per heavy atom. The summed E-state index contributed by atoms with van der Waals surface area (Å²) in [6, 6.07) is 0. The molecule has 0 fully saturated rings. The van der Waals surface area contributed by atoms with Gasteiger partial charge in [-0.1, -0.05) is 0 Å². The molecule has 1 aliphatic rings. The molecule has 0 aliphatic carbocycles. The molecule has 0 radical (unpaired) electrons. The third-order valence-electron chi connectivity index (χ3n) is 1.90. The average molecular weight is 174 g/mol. The van der Waals surface area contributed by atoms with Crippen molar-refractivity contribution in [3.8, 4) is 0 Å². The topological polar surface area (TPSA) is 58.9 Å². The van der Waals surface area contributed by atoms with Crippen LogP contribution in [0.4, 0.5) is 0 Å². The van der Waals surface area contributed by atoms with E-state index in [9.17, 15) is 0 Å². The molecular formula is C8H14O4. The van der Waals surface area contributed by atoms with Gasteiger partial charge in [-0.05, 0) is 19.4 Å². The zero-order valence-electron chi connectivity index (χ0n) is 7.28. The third-order valence-corrected chi connectivity index (χ3v) is 1.90. The van der Waals surface area contributed by atoms with Crippen molar-refractivity contribution in [1.82, 2.24) is 0 Å². The minimum Gasteiger partial charge on any atom is -0.467 e. The van der Waals surface area contributed by atoms with Gasteiger partial charge in [-0.25, -0.2) is 0 Å². The maximum Gasteiger partial charge on any atom is 0.197 e. The van der Waals surface area contributed by atoms with E-state index in [2.05, 4.69) is 0 Å². The van der Waals surface area contributed by atoms with Crippen LogP contribution in [-0.2, 0) is 9.47 Å². The van der Waals surface area contributed by atoms with Gasteiger partial charge < -0.3 is 19.7 Å². The predicted octanol–water partition coefficient (Wildman–Crippen LogP) is 0.00640. The van der Waals surface area contributed by atoms with Crippen molar-refractivity contribution in [2.75, 3.05) is 13.2 Å². The second-order valence-electron chi connectivity index (χ2n) is 2.76. The van der Waals surface area contributed by atoms with Gasteiger partial charge in [0.2, 0.25) is 0 Å². The summed E-state index contributed by atoms with van der Waals surface area (Å²) in [5.41, 5.74) is 0.762. The summed E-state index contributed by atoms with van der Waals surface area (Å²) in [7, 11) is 0. The summed E-state index contributed by atoms with van der Waals surface area (Å²) in [5, 5.41) is 17.8. The van der Waals surface area contributed by atoms with Gasteiger partial charge in [-0.15, -0.1) is 0 Å². The van der Waals surface area contributed by atoms with Crippen LogP contribution in [-0.4, -0.2) is 35.8 Å². The van der Waals surface area contributed by atoms with Gasteiger partial charge in [0, 0.05) is 0 Å². The molecule has 0 aromatic rings. The largest absolute Gasteiger partial charge is 0.467 e. The number of hydrogen-bond donors (Lipinski definition) is 2. The molecule has 1 aliphatic heterocycles. The lowest BCUT2D eigenvalue weighted by molar-refractivity contribution is -0.162. The monoisotopic (exact) mass is 174 g/mol. The predicted molar refractivity (Wildman–Crippen MR) is 42.3 cm³/mol. The highest BCUT2D eigenvalue weighted by atomic mass is 16.7. The fourth-order valence-corrected chi connectivity index (χ4v) is 1.18. The van der Waals surface area contributed by atoms with Crippen LogP contribution in [0.3, 0.4) is 0 Å². The van der Waals surface area contributed by atoms with E-state index in [1.54, 1.807) is 13.8 Å². The Morgan fingerprint density at radius 1 is 1.42 bits per heavy atom. The van der Waals surface area contributed by atoms with Crippen molar-refractivity contribution in [3.63, 3.8) is 0 Å². The normalized spacial score (nSPS) is 30.3. The van der Waals surface area contributed by atoms with Gasteiger partial charge in [0.25, 0.3) is 0 Å². The summed E-state index contributed by atoms with van der Waals surface area (Å²) in [6.07, 6.45) is -0.733. The van der Waals surface area contributed by atoms with Crippen molar-refractivity contribution in [2.45, 2.75) is 26.2 Å². The highest BCUT2D eigenvalue weighted by molar-refractivity contribution is 5.13. The maximum atomic E-state index is 8.90. The van der Waals surface area contributed by atoms with E-state index >= 15 is 0 Å². The summed E-state index contributed by atoms with van der Waals surface area (Å²) >= 11 is 0. The molecule has 0 bridgehead atoms. The smallest absolute Gasteiger partial charge is 0.197 e. The van der Waals surface area contributed by atoms with E-state index in [1.165, 1.54) is 0 Å². The zero-order valence-corrected chi connectivity index (χ0v) is 7.28. The van der Waals surface area contributed by atoms with Crippen molar-refractivity contribution in [3.05, 3.63) is 11.3 Å². The lowest BCUT2D eigenvalue weighted by Gasteiger charge is -2.30. The highest BCUT2D eigenvalue weighted by Gasteiger charge is 2.24. The molecular weight excluding hydrogens is 160 g/mol. The molecule has 0 spiro atoms. The maximum absolute atomic E-state index is 8.90. The van der Waals surface area contributed by atoms with E-state index < -0.39 is 6.29 Å². The Bertz CT molecular complexity index is 187. The van der Waals surface area contributed by atoms with Crippen LogP contribution in [0.15, 0.2) is 11.3 Å². The molecule has 4 nitrogen and oxygen atoms in total. The molecule has 2 unspecified atom stereocenters. The number of rotatable bonds is 2. The van der Waals surface area contributed by atoms with E-state index in [0.29, 0.717) is 5.76 Å². The first-order chi connectivity index (χ1) is 5.69. The molecule has 0 saturated carbocycles. The zero-order chi connectivity index (χ0) is 9.14. The fourth-order valence-electron chi connectivity index (χ4n) is 1.18. The second-order valence-corrected chi connectivity index (χ2v) is 2.76. The van der Waals surface area contributed by atoms with Crippen molar-refractivity contribution >= 4 is 0 Å². The summed E-state index contributed by atoms with van der Waals surface area (Å²) in [5.74, 6) is 0.507. The molecule has 12 heavy (non-hydrogen) atoms. The lowest BCUT2D eigenvalue weighted by Crippen LogP contribution is -2.33. The average Bonchev–Trinajstić information content (AvgIpc) is 2.08. The summed E-state index contributed by atoms with van der Waals surface area (Å²) in [6.45, 7) is 3.28. The summed E-state index contributed by atoms with van der Waals surface area (Å²) in [4.78, 5) is 0. The van der Waals surface area contributed by atoms with E-state index in [-0.39, 0.29) is 19.3 Å². The molecule has 0 saturated heterocycles. The first-order valence-electron chi connectivity index (χ1n) is 3.92. The van der Waals surface area contributed by atoms with Gasteiger partial charge >= 0.3 is 0 Å². The van der Waals surface area contributed by atoms with Gasteiger partial charge in [-0.3, -0.25) is 0 Å². The Labute approximate surface area is 71.4 Å². The van der Waals surface area contributed by atoms with Crippen molar-refractivity contribution in [2.24, 2.45) is 0 Å². The Morgan fingerprint density at radius 3 is 2.58 bits per heavy atom. The molecule has 1 rings (SSSR count). The fraction of sp³-hybridized carbons (Fsp3) is 0.750. The van der Waals surface area contributed by atoms with Gasteiger partial charge in [-0.2, -0.15) is 0 Å². The molecule has 0 aromatic heterocycles. The quantitative estimate of drug-likeness (QED) is 0.619. The summed E-state index contributed by atoms with van der Waals surface area (Å²) < 4.78 is 10.4. The number of aliphatic hydroxyl groups excluding tert-OH is 2. The Balaban J connectivity index is 2.78. The molecule has 4 heteroatoms. The van der Waals surface area contributed by atoms with Gasteiger partial charge in [0.05, 0.1) is 6.61 Å². The second kappa shape index (κ2) is 3.89. The van der Waals surface area contributed by atoms with Crippen molar-refractivity contribution in [1.29, 1.82) is 0 Å². The van der Waals surface area contributed by atoms with Gasteiger partial charge in [0.1, 0.15) is 18.5 Å². The minimum absolute atomic E-state index is 0.0803. The Hall–Kier alpha value is -0.580. The first-order valence-corrected chi connectivity index (χ1v) is 3.92. The van der Waals surface area contributed by atoms with Crippen LogP contribution in [0.1, 0.15) is 13.8 Å². The molecule has 1 heterocycles. The molecule has 0 amide bonds. The first kappa shape index (κ1) is 9.51. The van der Waals surface area contributed by atoms with Crippen LogP contribution in [0, 0.1) is 0 Å². The SMILES string of the molecule is CC1=C(CO)OC(C)OC1CO. The third kappa shape index (κ3) is 1.77. The van der Waals surface area contributed by atoms with E-state index in [0.717, 1.165) is 5.57 Å². The van der Waals surface area contributed by atoms with E-state index in [4.69, 9.17) is 19.7 Å². The molecule has 2 atom stereocenters. The van der Waals surface area contributed by atoms with Crippen LogP contribution in [0.25, 0.3) is 0 Å². The minimum atomic E-state index is -0.395. The standard InChI is InChI=1S/C8H14O4/c1-5-7(3-9)11-6(2)12-8(5)4-10/h6-7,9-10H,3-4H2,1-2H3. The number of ether oxygens (including phenoxy) is 2. The molecule has 0 aromatic carbocycles. The highest BCUT2D eigenvalue weighted by Crippen LogP contribution is 2.21. The molecule has 70 valence electrons. The number of aliphatic hydroxyl groups is 2. The number of hydrogen-bond acceptors (Lipinski definition) is 4. The van der Waals surface area contributed by atoms with Crippen LogP contribution < -0.4 is 0 Å². The van der Waals surface area contributed by atoms with E-state index in [1.807, 2.05) is 0 Å². The van der Waals surface area contributed by atoms with Crippen LogP contribution >= 0.6 is 0 Å².